The van der Waals surface area contributed by atoms with Crippen LogP contribution in [0.25, 0.3) is 0 Å². The van der Waals surface area contributed by atoms with Gasteiger partial charge in [0.25, 0.3) is 5.91 Å². The van der Waals surface area contributed by atoms with Crippen LogP contribution < -0.4 is 4.74 Å². The summed E-state index contributed by atoms with van der Waals surface area (Å²) in [5.74, 6) is 1.74. The van der Waals surface area contributed by atoms with Gasteiger partial charge in [0, 0.05) is 32.7 Å². The van der Waals surface area contributed by atoms with E-state index in [2.05, 4.69) is 18.7 Å². The molecule has 0 saturated carbocycles. The number of rotatable bonds is 6. The molecule has 1 atom stereocenters. The largest absolute Gasteiger partial charge is 0.480 e. The molecule has 0 aliphatic carbocycles. The summed E-state index contributed by atoms with van der Waals surface area (Å²) in [6.07, 6.45) is 1.75. The van der Waals surface area contributed by atoms with E-state index in [1.807, 2.05) is 36.1 Å². The van der Waals surface area contributed by atoms with Crippen molar-refractivity contribution in [2.24, 2.45) is 11.8 Å². The first-order valence-corrected chi connectivity index (χ1v) is 10.3. The summed E-state index contributed by atoms with van der Waals surface area (Å²) in [7, 11) is 0. The second-order valence-electron chi connectivity index (χ2n) is 8.28. The Labute approximate surface area is 163 Å². The number of aryl methyl sites for hydroxylation is 1. The monoisotopic (exact) mass is 374 g/mol. The Hall–Kier alpha value is -1.59. The minimum Gasteiger partial charge on any atom is -0.480 e. The van der Waals surface area contributed by atoms with Crippen LogP contribution in [0.1, 0.15) is 32.3 Å². The number of amides is 1. The molecule has 0 unspecified atom stereocenters. The number of piperidine rings is 1. The lowest BCUT2D eigenvalue weighted by Crippen LogP contribution is -2.49. The van der Waals surface area contributed by atoms with Crippen molar-refractivity contribution >= 4 is 5.91 Å². The fourth-order valence-electron chi connectivity index (χ4n) is 3.97. The van der Waals surface area contributed by atoms with E-state index in [1.54, 1.807) is 0 Å². The summed E-state index contributed by atoms with van der Waals surface area (Å²) in [6.45, 7) is 12.8. The molecule has 5 nitrogen and oxygen atoms in total. The van der Waals surface area contributed by atoms with E-state index in [1.165, 1.54) is 0 Å². The van der Waals surface area contributed by atoms with Crippen LogP contribution in [-0.2, 0) is 9.53 Å². The number of likely N-dealkylation sites (tertiary alicyclic amines) is 1. The van der Waals surface area contributed by atoms with Gasteiger partial charge in [-0.05, 0) is 49.3 Å². The van der Waals surface area contributed by atoms with Gasteiger partial charge in [0.05, 0.1) is 13.2 Å². The molecule has 1 aromatic rings. The second kappa shape index (κ2) is 9.56. The molecule has 150 valence electrons. The summed E-state index contributed by atoms with van der Waals surface area (Å²) >= 11 is 0. The van der Waals surface area contributed by atoms with Crippen LogP contribution in [0.2, 0.25) is 0 Å². The molecule has 2 saturated heterocycles. The first-order chi connectivity index (χ1) is 13.0. The minimum absolute atomic E-state index is 0.135. The Balaban J connectivity index is 1.52. The van der Waals surface area contributed by atoms with Gasteiger partial charge in [0.15, 0.2) is 6.10 Å². The molecule has 0 radical (unpaired) electrons. The first-order valence-electron chi connectivity index (χ1n) is 10.3. The quantitative estimate of drug-likeness (QED) is 0.768. The summed E-state index contributed by atoms with van der Waals surface area (Å²) in [5, 5.41) is 0. The van der Waals surface area contributed by atoms with Crippen LogP contribution in [-0.4, -0.2) is 67.7 Å². The number of benzene rings is 1. The molecule has 2 aliphatic heterocycles. The molecule has 5 heteroatoms. The Morgan fingerprint density at radius 3 is 2.52 bits per heavy atom. The molecule has 27 heavy (non-hydrogen) atoms. The van der Waals surface area contributed by atoms with E-state index < -0.39 is 6.10 Å². The van der Waals surface area contributed by atoms with Crippen LogP contribution in [0.3, 0.4) is 0 Å². The molecular formula is C22H34N2O3. The Morgan fingerprint density at radius 2 is 1.89 bits per heavy atom. The van der Waals surface area contributed by atoms with Crippen molar-refractivity contribution in [2.75, 3.05) is 45.9 Å². The maximum Gasteiger partial charge on any atom is 0.263 e. The van der Waals surface area contributed by atoms with E-state index in [9.17, 15) is 4.79 Å². The zero-order chi connectivity index (χ0) is 19.2. The highest BCUT2D eigenvalue weighted by atomic mass is 16.5. The predicted octanol–water partition coefficient (Wildman–Crippen LogP) is 2.97. The van der Waals surface area contributed by atoms with Crippen molar-refractivity contribution in [1.29, 1.82) is 0 Å². The van der Waals surface area contributed by atoms with Gasteiger partial charge >= 0.3 is 0 Å². The molecule has 1 amide bonds. The van der Waals surface area contributed by atoms with Gasteiger partial charge in [0.1, 0.15) is 5.75 Å². The van der Waals surface area contributed by atoms with Crippen molar-refractivity contribution < 1.29 is 14.3 Å². The van der Waals surface area contributed by atoms with E-state index in [0.29, 0.717) is 5.92 Å². The highest BCUT2D eigenvalue weighted by molar-refractivity contribution is 5.81. The maximum absolute atomic E-state index is 13.1. The average Bonchev–Trinajstić information content (AvgIpc) is 2.67. The van der Waals surface area contributed by atoms with E-state index >= 15 is 0 Å². The number of nitrogens with zero attached hydrogens (tertiary/aromatic N) is 2. The van der Waals surface area contributed by atoms with Gasteiger partial charge in [-0.3, -0.25) is 9.69 Å². The van der Waals surface area contributed by atoms with E-state index in [4.69, 9.17) is 9.47 Å². The summed E-state index contributed by atoms with van der Waals surface area (Å²) in [4.78, 5) is 17.6. The minimum atomic E-state index is -0.414. The average molecular weight is 375 g/mol. The fourth-order valence-corrected chi connectivity index (χ4v) is 3.97. The normalized spacial score (nSPS) is 20.7. The van der Waals surface area contributed by atoms with Crippen molar-refractivity contribution in [3.63, 3.8) is 0 Å². The van der Waals surface area contributed by atoms with E-state index in [0.717, 1.165) is 70.1 Å². The third-order valence-corrected chi connectivity index (χ3v) is 5.65. The molecule has 2 fully saturated rings. The van der Waals surface area contributed by atoms with Crippen molar-refractivity contribution in [3.8, 4) is 5.75 Å². The molecule has 0 aromatic heterocycles. The van der Waals surface area contributed by atoms with Crippen molar-refractivity contribution in [2.45, 2.75) is 39.7 Å². The molecule has 3 rings (SSSR count). The summed E-state index contributed by atoms with van der Waals surface area (Å²) in [6, 6.07) is 7.95. The third-order valence-electron chi connectivity index (χ3n) is 5.65. The molecule has 2 aliphatic rings. The lowest BCUT2D eigenvalue weighted by Gasteiger charge is -2.37. The zero-order valence-electron chi connectivity index (χ0n) is 17.0. The van der Waals surface area contributed by atoms with Crippen LogP contribution in [0.5, 0.6) is 5.75 Å². The van der Waals surface area contributed by atoms with Gasteiger partial charge in [-0.15, -0.1) is 0 Å². The SMILES string of the molecule is Cc1cccc(O[C@@H](C(=O)N2CCC(CN3CCOCC3)CC2)C(C)C)c1. The van der Waals surface area contributed by atoms with Gasteiger partial charge in [0.2, 0.25) is 0 Å². The molecule has 2 heterocycles. The zero-order valence-corrected chi connectivity index (χ0v) is 17.0. The molecule has 0 N–H and O–H groups in total. The summed E-state index contributed by atoms with van der Waals surface area (Å²) in [5.41, 5.74) is 1.14. The maximum atomic E-state index is 13.1. The van der Waals surface area contributed by atoms with E-state index in [-0.39, 0.29) is 11.8 Å². The molecule has 1 aromatic carbocycles. The standard InChI is InChI=1S/C22H34N2O3/c1-17(2)21(27-20-6-4-5-18(3)15-20)22(25)24-9-7-19(8-10-24)16-23-11-13-26-14-12-23/h4-6,15,17,19,21H,7-14,16H2,1-3H3/t21-/m1/s1. The second-order valence-corrected chi connectivity index (χ2v) is 8.28. The Morgan fingerprint density at radius 1 is 1.19 bits per heavy atom. The van der Waals surface area contributed by atoms with Gasteiger partial charge in [-0.1, -0.05) is 26.0 Å². The third kappa shape index (κ3) is 5.69. The van der Waals surface area contributed by atoms with Gasteiger partial charge < -0.3 is 14.4 Å². The number of ether oxygens (including phenoxy) is 2. The molecule has 0 bridgehead atoms. The van der Waals surface area contributed by atoms with Crippen LogP contribution in [0, 0.1) is 18.8 Å². The van der Waals surface area contributed by atoms with Crippen molar-refractivity contribution in [1.82, 2.24) is 9.80 Å². The smallest absolute Gasteiger partial charge is 0.263 e. The lowest BCUT2D eigenvalue weighted by molar-refractivity contribution is -0.142. The van der Waals surface area contributed by atoms with Crippen LogP contribution in [0.4, 0.5) is 0 Å². The number of morpholine rings is 1. The fraction of sp³-hybridized carbons (Fsp3) is 0.682. The molecule has 0 spiro atoms. The van der Waals surface area contributed by atoms with Crippen molar-refractivity contribution in [3.05, 3.63) is 29.8 Å². The van der Waals surface area contributed by atoms with Crippen LogP contribution >= 0.6 is 0 Å². The number of hydrogen-bond donors (Lipinski definition) is 0. The number of hydrogen-bond acceptors (Lipinski definition) is 4. The Bertz CT molecular complexity index is 605. The topological polar surface area (TPSA) is 42.0 Å². The number of carbonyl (C=O) groups excluding carboxylic acids is 1. The molecular weight excluding hydrogens is 340 g/mol. The first kappa shape index (κ1) is 20.2. The van der Waals surface area contributed by atoms with Crippen LogP contribution in [0.15, 0.2) is 24.3 Å². The predicted molar refractivity (Wildman–Crippen MR) is 107 cm³/mol. The number of carbonyl (C=O) groups is 1. The van der Waals surface area contributed by atoms with Gasteiger partial charge in [-0.2, -0.15) is 0 Å². The van der Waals surface area contributed by atoms with Gasteiger partial charge in [-0.25, -0.2) is 0 Å². The highest BCUT2D eigenvalue weighted by Crippen LogP contribution is 2.23. The highest BCUT2D eigenvalue weighted by Gasteiger charge is 2.32. The lowest BCUT2D eigenvalue weighted by atomic mass is 9.95. The summed E-state index contributed by atoms with van der Waals surface area (Å²) < 4.78 is 11.5. The Kier molecular flexibility index (Phi) is 7.13.